The smallest absolute Gasteiger partial charge is 0.238 e. The average Bonchev–Trinajstić information content (AvgIpc) is 3.74. The van der Waals surface area contributed by atoms with E-state index in [2.05, 4.69) is 200 Å². The van der Waals surface area contributed by atoms with Crippen molar-refractivity contribution in [2.24, 2.45) is 0 Å². The van der Waals surface area contributed by atoms with Crippen LogP contribution in [0.3, 0.4) is 0 Å². The van der Waals surface area contributed by atoms with Gasteiger partial charge in [0, 0.05) is 38.3 Å². The van der Waals surface area contributed by atoms with Crippen LogP contribution >= 0.6 is 0 Å². The molecule has 0 radical (unpaired) electrons. The summed E-state index contributed by atoms with van der Waals surface area (Å²) in [6.07, 6.45) is 0. The summed E-state index contributed by atoms with van der Waals surface area (Å²) in [5.74, 6) is 1.84. The van der Waals surface area contributed by atoms with Crippen LogP contribution in [0.5, 0.6) is 0 Å². The highest BCUT2D eigenvalue weighted by Crippen LogP contribution is 2.50. The van der Waals surface area contributed by atoms with Crippen LogP contribution in [0.4, 0.5) is 0 Å². The first-order chi connectivity index (χ1) is 28.5. The summed E-state index contributed by atoms with van der Waals surface area (Å²) in [5, 5.41) is 9.25. The fraction of sp³-hybridized carbons (Fsp3) is 0.0556. The van der Waals surface area contributed by atoms with Crippen molar-refractivity contribution in [2.75, 3.05) is 0 Å². The van der Waals surface area contributed by atoms with Gasteiger partial charge in [-0.2, -0.15) is 9.97 Å². The van der Waals surface area contributed by atoms with Crippen LogP contribution in [-0.2, 0) is 5.41 Å². The number of fused-ring (bicyclic) bond motifs is 10. The number of rotatable bonds is 4. The second-order valence-electron chi connectivity index (χ2n) is 16.1. The summed E-state index contributed by atoms with van der Waals surface area (Å²) in [4.78, 5) is 16.1. The number of aromatic nitrogens is 4. The van der Waals surface area contributed by atoms with E-state index in [4.69, 9.17) is 15.0 Å². The third-order valence-electron chi connectivity index (χ3n) is 12.4. The van der Waals surface area contributed by atoms with Gasteiger partial charge < -0.3 is 0 Å². The molecule has 0 fully saturated rings. The second-order valence-corrected chi connectivity index (χ2v) is 16.1. The van der Waals surface area contributed by atoms with Gasteiger partial charge in [0.25, 0.3) is 0 Å². The Morgan fingerprint density at radius 1 is 0.362 bits per heavy atom. The van der Waals surface area contributed by atoms with Gasteiger partial charge in [0.1, 0.15) is 0 Å². The van der Waals surface area contributed by atoms with Crippen molar-refractivity contribution in [3.63, 3.8) is 0 Å². The maximum Gasteiger partial charge on any atom is 0.238 e. The molecule has 0 atom stereocenters. The molecule has 0 saturated carbocycles. The molecule has 0 amide bonds. The number of benzene rings is 9. The highest BCUT2D eigenvalue weighted by atomic mass is 15.2. The van der Waals surface area contributed by atoms with E-state index >= 15 is 0 Å². The first-order valence-electron chi connectivity index (χ1n) is 19.9. The van der Waals surface area contributed by atoms with E-state index < -0.39 is 0 Å². The van der Waals surface area contributed by atoms with Gasteiger partial charge in [0.15, 0.2) is 11.6 Å². The summed E-state index contributed by atoms with van der Waals surface area (Å²) >= 11 is 0. The SMILES string of the molecule is CC1(C)c2ccccc2-c2ccc(-c3cccc4c5ccc6ccccc6c5n(-c5nc(-c6ccc7ccccc7c6)nc(-c6ccc7ccccc7c6)n5)c34)cc21. The summed E-state index contributed by atoms with van der Waals surface area (Å²) in [6, 6.07) is 65.5. The summed E-state index contributed by atoms with van der Waals surface area (Å²) in [7, 11) is 0. The van der Waals surface area contributed by atoms with Crippen LogP contribution in [-0.4, -0.2) is 19.5 Å². The van der Waals surface area contributed by atoms with Gasteiger partial charge in [-0.15, -0.1) is 0 Å². The van der Waals surface area contributed by atoms with Crippen molar-refractivity contribution in [2.45, 2.75) is 19.3 Å². The number of hydrogen-bond donors (Lipinski definition) is 0. The minimum atomic E-state index is -0.129. The number of para-hydroxylation sites is 1. The molecule has 0 saturated heterocycles. The van der Waals surface area contributed by atoms with E-state index in [1.807, 2.05) is 0 Å². The van der Waals surface area contributed by atoms with Crippen molar-refractivity contribution >= 4 is 54.1 Å². The largest absolute Gasteiger partial charge is 0.277 e. The molecular weight excluding hydrogens is 705 g/mol. The van der Waals surface area contributed by atoms with Crippen molar-refractivity contribution in [1.29, 1.82) is 0 Å². The standard InChI is InChI=1S/C54H36N4/c1-54(2)47-21-10-9-18-43(47)44-28-27-38(32-48(44)54)42-19-11-20-45-46-29-26-35-14-7-8-17-41(35)49(46)58(50(42)45)53-56-51(39-24-22-33-12-3-5-15-36(33)30-39)55-52(57-53)40-25-23-34-13-4-6-16-37(34)31-40/h3-32H,1-2H3. The molecule has 0 spiro atoms. The Kier molecular flexibility index (Phi) is 6.94. The summed E-state index contributed by atoms with van der Waals surface area (Å²) in [6.45, 7) is 4.69. The minimum Gasteiger partial charge on any atom is -0.277 e. The third kappa shape index (κ3) is 4.85. The zero-order valence-corrected chi connectivity index (χ0v) is 32.1. The van der Waals surface area contributed by atoms with Crippen LogP contribution in [0.1, 0.15) is 25.0 Å². The normalized spacial score (nSPS) is 13.1. The molecule has 9 aromatic carbocycles. The molecule has 2 heterocycles. The Balaban J connectivity index is 1.18. The van der Waals surface area contributed by atoms with Crippen LogP contribution in [0.25, 0.3) is 105 Å². The fourth-order valence-electron chi connectivity index (χ4n) is 9.51. The highest BCUT2D eigenvalue weighted by molar-refractivity contribution is 6.21. The van der Waals surface area contributed by atoms with E-state index in [1.165, 1.54) is 33.0 Å². The van der Waals surface area contributed by atoms with Crippen molar-refractivity contribution in [1.82, 2.24) is 19.5 Å². The molecule has 4 nitrogen and oxygen atoms in total. The van der Waals surface area contributed by atoms with Crippen molar-refractivity contribution in [3.05, 3.63) is 193 Å². The Hall–Kier alpha value is -7.43. The lowest BCUT2D eigenvalue weighted by atomic mass is 9.81. The predicted octanol–water partition coefficient (Wildman–Crippen LogP) is 13.7. The lowest BCUT2D eigenvalue weighted by Gasteiger charge is -2.22. The van der Waals surface area contributed by atoms with Gasteiger partial charge >= 0.3 is 0 Å². The Bertz CT molecular complexity index is 3400. The third-order valence-corrected chi connectivity index (χ3v) is 12.4. The Morgan fingerprint density at radius 2 is 0.897 bits per heavy atom. The zero-order chi connectivity index (χ0) is 38.5. The molecule has 0 unspecified atom stereocenters. The molecule has 0 bridgehead atoms. The molecule has 1 aliphatic rings. The van der Waals surface area contributed by atoms with Gasteiger partial charge in [-0.1, -0.05) is 178 Å². The van der Waals surface area contributed by atoms with E-state index in [9.17, 15) is 0 Å². The molecule has 2 aromatic heterocycles. The van der Waals surface area contributed by atoms with E-state index in [-0.39, 0.29) is 5.41 Å². The van der Waals surface area contributed by atoms with Crippen molar-refractivity contribution < 1.29 is 0 Å². The minimum absolute atomic E-state index is 0.129. The van der Waals surface area contributed by atoms with Crippen LogP contribution in [0.15, 0.2) is 182 Å². The Morgan fingerprint density at radius 3 is 1.62 bits per heavy atom. The summed E-state index contributed by atoms with van der Waals surface area (Å²) in [5.41, 5.74) is 11.5. The van der Waals surface area contributed by atoms with Crippen LogP contribution in [0, 0.1) is 0 Å². The van der Waals surface area contributed by atoms with E-state index in [0.29, 0.717) is 17.6 Å². The first kappa shape index (κ1) is 32.8. The van der Waals surface area contributed by atoms with Gasteiger partial charge in [-0.05, 0) is 72.9 Å². The number of nitrogens with zero attached hydrogens (tertiary/aromatic N) is 4. The quantitative estimate of drug-likeness (QED) is 0.180. The topological polar surface area (TPSA) is 43.6 Å². The van der Waals surface area contributed by atoms with E-state index in [0.717, 1.165) is 65.6 Å². The lowest BCUT2D eigenvalue weighted by molar-refractivity contribution is 0.660. The molecule has 0 aliphatic heterocycles. The molecule has 11 aromatic rings. The zero-order valence-electron chi connectivity index (χ0n) is 32.1. The monoisotopic (exact) mass is 740 g/mol. The molecule has 4 heteroatoms. The van der Waals surface area contributed by atoms with Crippen LogP contribution < -0.4 is 0 Å². The number of hydrogen-bond acceptors (Lipinski definition) is 3. The molecule has 12 rings (SSSR count). The summed E-state index contributed by atoms with van der Waals surface area (Å²) < 4.78 is 2.31. The van der Waals surface area contributed by atoms with Gasteiger partial charge in [-0.25, -0.2) is 4.98 Å². The van der Waals surface area contributed by atoms with Gasteiger partial charge in [0.05, 0.1) is 11.0 Å². The highest BCUT2D eigenvalue weighted by Gasteiger charge is 2.35. The van der Waals surface area contributed by atoms with Gasteiger partial charge in [-0.3, -0.25) is 4.57 Å². The molecular formula is C54H36N4. The molecule has 272 valence electrons. The van der Waals surface area contributed by atoms with Crippen LogP contribution in [0.2, 0.25) is 0 Å². The maximum absolute atomic E-state index is 5.43. The second kappa shape index (κ2) is 12.3. The van der Waals surface area contributed by atoms with Gasteiger partial charge in [0.2, 0.25) is 5.95 Å². The fourth-order valence-corrected chi connectivity index (χ4v) is 9.51. The lowest BCUT2D eigenvalue weighted by Crippen LogP contribution is -2.14. The molecule has 1 aliphatic carbocycles. The predicted molar refractivity (Wildman–Crippen MR) is 241 cm³/mol. The maximum atomic E-state index is 5.43. The van der Waals surface area contributed by atoms with E-state index in [1.54, 1.807) is 0 Å². The average molecular weight is 741 g/mol. The van der Waals surface area contributed by atoms with Crippen molar-refractivity contribution in [3.8, 4) is 51.0 Å². The molecule has 58 heavy (non-hydrogen) atoms. The first-order valence-corrected chi connectivity index (χ1v) is 19.9. The molecule has 0 N–H and O–H groups in total. The Labute approximate surface area is 335 Å².